The van der Waals surface area contributed by atoms with E-state index in [2.05, 4.69) is 13.0 Å². The molecule has 10 heavy (non-hydrogen) atoms. The van der Waals surface area contributed by atoms with Crippen LogP contribution in [-0.2, 0) is 0 Å². The van der Waals surface area contributed by atoms with Crippen LogP contribution in [-0.4, -0.2) is 0 Å². The van der Waals surface area contributed by atoms with Crippen molar-refractivity contribution in [1.82, 2.24) is 0 Å². The minimum absolute atomic E-state index is 0.651. The van der Waals surface area contributed by atoms with E-state index in [0.29, 0.717) is 5.41 Å². The quantitative estimate of drug-likeness (QED) is 0.448. The van der Waals surface area contributed by atoms with E-state index in [1.807, 2.05) is 0 Å². The van der Waals surface area contributed by atoms with Crippen LogP contribution in [0.15, 0.2) is 11.6 Å². The van der Waals surface area contributed by atoms with Gasteiger partial charge in [0.15, 0.2) is 0 Å². The minimum Gasteiger partial charge on any atom is -0.0848 e. The second-order valence-electron chi connectivity index (χ2n) is 4.04. The van der Waals surface area contributed by atoms with Crippen molar-refractivity contribution in [2.75, 3.05) is 0 Å². The zero-order valence-electron chi connectivity index (χ0n) is 6.82. The van der Waals surface area contributed by atoms with Crippen LogP contribution in [0.25, 0.3) is 0 Å². The van der Waals surface area contributed by atoms with Gasteiger partial charge < -0.3 is 0 Å². The van der Waals surface area contributed by atoms with Crippen molar-refractivity contribution in [3.05, 3.63) is 11.6 Å². The Bertz CT molecular complexity index is 167. The van der Waals surface area contributed by atoms with E-state index < -0.39 is 0 Å². The zero-order valence-corrected chi connectivity index (χ0v) is 6.82. The van der Waals surface area contributed by atoms with Gasteiger partial charge in [0, 0.05) is 0 Å². The highest BCUT2D eigenvalue weighted by Gasteiger charge is 2.34. The lowest BCUT2D eigenvalue weighted by Gasteiger charge is -2.29. The SMILES string of the molecule is CC12CCCC=C1CCC2. The van der Waals surface area contributed by atoms with Crippen LogP contribution in [0.1, 0.15) is 45.4 Å². The van der Waals surface area contributed by atoms with Crippen molar-refractivity contribution in [1.29, 1.82) is 0 Å². The van der Waals surface area contributed by atoms with Gasteiger partial charge in [-0.3, -0.25) is 0 Å². The molecule has 0 heteroatoms. The van der Waals surface area contributed by atoms with E-state index in [4.69, 9.17) is 0 Å². The van der Waals surface area contributed by atoms with Crippen molar-refractivity contribution in [2.24, 2.45) is 5.41 Å². The molecule has 1 saturated carbocycles. The number of fused-ring (bicyclic) bond motifs is 1. The largest absolute Gasteiger partial charge is 0.0848 e. The van der Waals surface area contributed by atoms with E-state index in [9.17, 15) is 0 Å². The Balaban J connectivity index is 2.28. The molecule has 1 atom stereocenters. The molecule has 2 aliphatic carbocycles. The number of hydrogen-bond acceptors (Lipinski definition) is 0. The molecule has 2 rings (SSSR count). The maximum atomic E-state index is 2.50. The molecular formula is C10H16. The van der Waals surface area contributed by atoms with Crippen LogP contribution < -0.4 is 0 Å². The topological polar surface area (TPSA) is 0 Å². The highest BCUT2D eigenvalue weighted by molar-refractivity contribution is 5.19. The molecule has 0 aromatic carbocycles. The standard InChI is InChI=1S/C10H16/c1-10-7-3-2-5-9(10)6-4-8-10/h5H,2-4,6-8H2,1H3. The van der Waals surface area contributed by atoms with Crippen molar-refractivity contribution in [3.63, 3.8) is 0 Å². The lowest BCUT2D eigenvalue weighted by Crippen LogP contribution is -2.16. The Morgan fingerprint density at radius 1 is 1.30 bits per heavy atom. The van der Waals surface area contributed by atoms with Crippen molar-refractivity contribution < 1.29 is 0 Å². The smallest absolute Gasteiger partial charge is 0.0116 e. The van der Waals surface area contributed by atoms with Crippen molar-refractivity contribution >= 4 is 0 Å². The maximum absolute atomic E-state index is 2.50. The molecule has 0 nitrogen and oxygen atoms in total. The van der Waals surface area contributed by atoms with Crippen LogP contribution in [0.2, 0.25) is 0 Å². The average molecular weight is 136 g/mol. The van der Waals surface area contributed by atoms with Gasteiger partial charge in [-0.15, -0.1) is 0 Å². The third-order valence-corrected chi connectivity index (χ3v) is 3.27. The van der Waals surface area contributed by atoms with Gasteiger partial charge in [-0.2, -0.15) is 0 Å². The first kappa shape index (κ1) is 6.45. The molecule has 0 radical (unpaired) electrons. The summed E-state index contributed by atoms with van der Waals surface area (Å²) in [4.78, 5) is 0. The Morgan fingerprint density at radius 3 is 2.90 bits per heavy atom. The Labute approximate surface area is 63.3 Å². The first-order chi connectivity index (χ1) is 4.81. The summed E-state index contributed by atoms with van der Waals surface area (Å²) < 4.78 is 0. The van der Waals surface area contributed by atoms with E-state index in [0.717, 1.165) is 0 Å². The molecule has 0 aromatic heterocycles. The van der Waals surface area contributed by atoms with Crippen LogP contribution in [0, 0.1) is 5.41 Å². The Morgan fingerprint density at radius 2 is 2.10 bits per heavy atom. The first-order valence-electron chi connectivity index (χ1n) is 4.51. The second-order valence-corrected chi connectivity index (χ2v) is 4.04. The third kappa shape index (κ3) is 0.817. The maximum Gasteiger partial charge on any atom is -0.0116 e. The summed E-state index contributed by atoms with van der Waals surface area (Å²) in [7, 11) is 0. The summed E-state index contributed by atoms with van der Waals surface area (Å²) in [5.41, 5.74) is 2.43. The predicted molar refractivity (Wildman–Crippen MR) is 43.9 cm³/mol. The van der Waals surface area contributed by atoms with Gasteiger partial charge >= 0.3 is 0 Å². The van der Waals surface area contributed by atoms with Gasteiger partial charge in [0.05, 0.1) is 0 Å². The van der Waals surface area contributed by atoms with Crippen molar-refractivity contribution in [2.45, 2.75) is 45.4 Å². The summed E-state index contributed by atoms with van der Waals surface area (Å²) in [5.74, 6) is 0. The van der Waals surface area contributed by atoms with E-state index in [1.54, 1.807) is 5.57 Å². The molecule has 0 amide bonds. The highest BCUT2D eigenvalue weighted by Crippen LogP contribution is 2.48. The molecule has 0 bridgehead atoms. The lowest BCUT2D eigenvalue weighted by molar-refractivity contribution is 0.350. The molecular weight excluding hydrogens is 120 g/mol. The minimum atomic E-state index is 0.651. The number of hydrogen-bond donors (Lipinski definition) is 0. The van der Waals surface area contributed by atoms with Crippen molar-refractivity contribution in [3.8, 4) is 0 Å². The van der Waals surface area contributed by atoms with Crippen LogP contribution in [0.3, 0.4) is 0 Å². The Hall–Kier alpha value is -0.260. The van der Waals surface area contributed by atoms with Gasteiger partial charge in [-0.1, -0.05) is 18.6 Å². The van der Waals surface area contributed by atoms with E-state index in [1.165, 1.54) is 38.5 Å². The molecule has 0 saturated heterocycles. The molecule has 56 valence electrons. The monoisotopic (exact) mass is 136 g/mol. The fraction of sp³-hybridized carbons (Fsp3) is 0.800. The Kier molecular flexibility index (Phi) is 1.36. The summed E-state index contributed by atoms with van der Waals surface area (Å²) in [5, 5.41) is 0. The molecule has 2 aliphatic rings. The summed E-state index contributed by atoms with van der Waals surface area (Å²) in [6, 6.07) is 0. The second kappa shape index (κ2) is 2.11. The molecule has 0 spiro atoms. The fourth-order valence-corrected chi connectivity index (χ4v) is 2.53. The van der Waals surface area contributed by atoms with Crippen LogP contribution in [0.4, 0.5) is 0 Å². The molecule has 1 fully saturated rings. The molecule has 1 unspecified atom stereocenters. The van der Waals surface area contributed by atoms with Gasteiger partial charge in [0.2, 0.25) is 0 Å². The molecule has 0 heterocycles. The first-order valence-corrected chi connectivity index (χ1v) is 4.51. The average Bonchev–Trinajstić information content (AvgIpc) is 2.29. The lowest BCUT2D eigenvalue weighted by atomic mass is 9.76. The summed E-state index contributed by atoms with van der Waals surface area (Å²) in [6.07, 6.45) is 11.0. The number of rotatable bonds is 0. The van der Waals surface area contributed by atoms with E-state index >= 15 is 0 Å². The van der Waals surface area contributed by atoms with Gasteiger partial charge in [-0.05, 0) is 43.9 Å². The fourth-order valence-electron chi connectivity index (χ4n) is 2.53. The van der Waals surface area contributed by atoms with Gasteiger partial charge in [-0.25, -0.2) is 0 Å². The number of allylic oxidation sites excluding steroid dienone is 2. The normalized spacial score (nSPS) is 39.1. The predicted octanol–water partition coefficient (Wildman–Crippen LogP) is 3.29. The molecule has 0 N–H and O–H groups in total. The zero-order chi connectivity index (χ0) is 7.03. The molecule has 0 aliphatic heterocycles. The van der Waals surface area contributed by atoms with Gasteiger partial charge in [0.25, 0.3) is 0 Å². The van der Waals surface area contributed by atoms with Crippen LogP contribution >= 0.6 is 0 Å². The summed E-state index contributed by atoms with van der Waals surface area (Å²) in [6.45, 7) is 2.45. The third-order valence-electron chi connectivity index (χ3n) is 3.27. The highest BCUT2D eigenvalue weighted by atomic mass is 14.4. The van der Waals surface area contributed by atoms with Crippen LogP contribution in [0.5, 0.6) is 0 Å². The summed E-state index contributed by atoms with van der Waals surface area (Å²) >= 11 is 0. The van der Waals surface area contributed by atoms with E-state index in [-0.39, 0.29) is 0 Å². The molecule has 0 aromatic rings. The van der Waals surface area contributed by atoms with Gasteiger partial charge in [0.1, 0.15) is 0 Å².